The fraction of sp³-hybridized carbons (Fsp3) is 0.900. The van der Waals surface area contributed by atoms with Crippen LogP contribution in [0, 0.1) is 0 Å². The lowest BCUT2D eigenvalue weighted by Crippen LogP contribution is -2.42. The lowest BCUT2D eigenvalue weighted by atomic mass is 10.2. The molecule has 1 N–H and O–H groups in total. The van der Waals surface area contributed by atoms with Crippen LogP contribution in [0.2, 0.25) is 0 Å². The molecule has 2 saturated heterocycles. The average molecular weight is 198 g/mol. The smallest absolute Gasteiger partial charge is 0.239 e. The van der Waals surface area contributed by atoms with Crippen molar-refractivity contribution in [3.05, 3.63) is 0 Å². The highest BCUT2D eigenvalue weighted by molar-refractivity contribution is 5.82. The summed E-state index contributed by atoms with van der Waals surface area (Å²) in [6.07, 6.45) is 3.36. The molecule has 2 fully saturated rings. The molecule has 80 valence electrons. The fourth-order valence-electron chi connectivity index (χ4n) is 2.23. The maximum Gasteiger partial charge on any atom is 0.239 e. The Morgan fingerprint density at radius 3 is 2.71 bits per heavy atom. The van der Waals surface area contributed by atoms with Gasteiger partial charge in [0.2, 0.25) is 5.91 Å². The van der Waals surface area contributed by atoms with Crippen LogP contribution >= 0.6 is 0 Å². The van der Waals surface area contributed by atoms with E-state index in [-0.39, 0.29) is 18.1 Å². The summed E-state index contributed by atoms with van der Waals surface area (Å²) < 4.78 is 5.22. The van der Waals surface area contributed by atoms with Gasteiger partial charge in [-0.05, 0) is 19.3 Å². The van der Waals surface area contributed by atoms with Gasteiger partial charge in [0.05, 0.1) is 12.1 Å². The summed E-state index contributed by atoms with van der Waals surface area (Å²) in [5, 5.41) is 3.22. The second-order valence-corrected chi connectivity index (χ2v) is 4.09. The van der Waals surface area contributed by atoms with Gasteiger partial charge in [0.15, 0.2) is 0 Å². The van der Waals surface area contributed by atoms with Crippen LogP contribution in [0.5, 0.6) is 0 Å². The summed E-state index contributed by atoms with van der Waals surface area (Å²) in [5.74, 6) is 0.266. The molecule has 2 atom stereocenters. The Bertz CT molecular complexity index is 214. The molecule has 14 heavy (non-hydrogen) atoms. The molecule has 0 unspecified atom stereocenters. The predicted molar refractivity (Wildman–Crippen MR) is 53.0 cm³/mol. The number of nitrogens with one attached hydrogen (secondary N) is 1. The van der Waals surface area contributed by atoms with E-state index in [4.69, 9.17) is 4.74 Å². The van der Waals surface area contributed by atoms with Gasteiger partial charge in [0.25, 0.3) is 0 Å². The van der Waals surface area contributed by atoms with Crippen molar-refractivity contribution in [1.82, 2.24) is 10.2 Å². The highest BCUT2D eigenvalue weighted by Crippen LogP contribution is 2.15. The van der Waals surface area contributed by atoms with E-state index in [1.165, 1.54) is 0 Å². The summed E-state index contributed by atoms with van der Waals surface area (Å²) in [5.41, 5.74) is 0. The first-order valence-electron chi connectivity index (χ1n) is 5.36. The van der Waals surface area contributed by atoms with Crippen molar-refractivity contribution < 1.29 is 9.53 Å². The molecular weight excluding hydrogens is 180 g/mol. The highest BCUT2D eigenvalue weighted by Gasteiger charge is 2.32. The first-order chi connectivity index (χ1) is 6.81. The van der Waals surface area contributed by atoms with Crippen molar-refractivity contribution in [2.24, 2.45) is 0 Å². The summed E-state index contributed by atoms with van der Waals surface area (Å²) in [4.78, 5) is 13.9. The van der Waals surface area contributed by atoms with Gasteiger partial charge in [-0.1, -0.05) is 0 Å². The largest absolute Gasteiger partial charge is 0.380 e. The molecule has 0 bridgehead atoms. The van der Waals surface area contributed by atoms with Crippen LogP contribution in [0.25, 0.3) is 0 Å². The lowest BCUT2D eigenvalue weighted by Gasteiger charge is -2.19. The molecule has 2 rings (SSSR count). The highest BCUT2D eigenvalue weighted by atomic mass is 16.5. The Labute approximate surface area is 84.6 Å². The molecule has 4 nitrogen and oxygen atoms in total. The molecule has 0 aliphatic carbocycles. The molecule has 0 radical (unpaired) electrons. The Kier molecular flexibility index (Phi) is 3.03. The second-order valence-electron chi connectivity index (χ2n) is 4.09. The van der Waals surface area contributed by atoms with Gasteiger partial charge < -0.3 is 15.0 Å². The molecule has 0 saturated carbocycles. The Morgan fingerprint density at radius 1 is 1.43 bits per heavy atom. The minimum absolute atomic E-state index is 0.00181. The number of amides is 1. The van der Waals surface area contributed by atoms with Gasteiger partial charge in [-0.2, -0.15) is 0 Å². The van der Waals surface area contributed by atoms with Crippen LogP contribution in [0.3, 0.4) is 0 Å². The van der Waals surface area contributed by atoms with Gasteiger partial charge in [-0.3, -0.25) is 4.79 Å². The zero-order valence-electron chi connectivity index (χ0n) is 8.66. The number of carbonyl (C=O) groups excluding carboxylic acids is 1. The summed E-state index contributed by atoms with van der Waals surface area (Å²) in [6.45, 7) is 2.68. The fourth-order valence-corrected chi connectivity index (χ4v) is 2.23. The van der Waals surface area contributed by atoms with Crippen molar-refractivity contribution >= 4 is 5.91 Å². The molecule has 2 aliphatic rings. The Morgan fingerprint density at radius 2 is 2.14 bits per heavy atom. The van der Waals surface area contributed by atoms with E-state index in [0.29, 0.717) is 0 Å². The van der Waals surface area contributed by atoms with E-state index in [9.17, 15) is 4.79 Å². The normalized spacial score (nSPS) is 32.5. The van der Waals surface area contributed by atoms with E-state index in [1.54, 1.807) is 7.11 Å². The number of methoxy groups -OCH3 is 1. The molecule has 1 amide bonds. The first-order valence-corrected chi connectivity index (χ1v) is 5.36. The maximum atomic E-state index is 11.9. The minimum atomic E-state index is -0.00181. The van der Waals surface area contributed by atoms with Crippen molar-refractivity contribution in [1.29, 1.82) is 0 Å². The van der Waals surface area contributed by atoms with Crippen molar-refractivity contribution in [2.75, 3.05) is 26.7 Å². The average Bonchev–Trinajstić information content (AvgIpc) is 2.88. The van der Waals surface area contributed by atoms with E-state index < -0.39 is 0 Å². The number of likely N-dealkylation sites (tertiary alicyclic amines) is 1. The van der Waals surface area contributed by atoms with Crippen LogP contribution in [-0.2, 0) is 9.53 Å². The van der Waals surface area contributed by atoms with Gasteiger partial charge in [-0.25, -0.2) is 0 Å². The molecule has 0 aromatic carbocycles. The van der Waals surface area contributed by atoms with Crippen LogP contribution in [0.1, 0.15) is 19.3 Å². The molecular formula is C10H18N2O2. The molecule has 2 aliphatic heterocycles. The van der Waals surface area contributed by atoms with Crippen LogP contribution in [0.15, 0.2) is 0 Å². The quantitative estimate of drug-likeness (QED) is 0.678. The number of hydrogen-bond donors (Lipinski definition) is 1. The number of ether oxygens (including phenoxy) is 1. The molecule has 2 heterocycles. The monoisotopic (exact) mass is 198 g/mol. The minimum Gasteiger partial charge on any atom is -0.380 e. The number of nitrogens with zero attached hydrogens (tertiary/aromatic N) is 1. The molecule has 4 heteroatoms. The summed E-state index contributed by atoms with van der Waals surface area (Å²) >= 11 is 0. The third kappa shape index (κ3) is 1.91. The second kappa shape index (κ2) is 4.28. The van der Waals surface area contributed by atoms with Crippen molar-refractivity contribution in [3.63, 3.8) is 0 Å². The first kappa shape index (κ1) is 9.93. The third-order valence-corrected chi connectivity index (χ3v) is 3.14. The Hall–Kier alpha value is -0.610. The maximum absolute atomic E-state index is 11.9. The van der Waals surface area contributed by atoms with Gasteiger partial charge in [-0.15, -0.1) is 0 Å². The van der Waals surface area contributed by atoms with Crippen LogP contribution < -0.4 is 5.32 Å². The zero-order valence-corrected chi connectivity index (χ0v) is 8.66. The number of carbonyl (C=O) groups is 1. The summed E-state index contributed by atoms with van der Waals surface area (Å²) in [6, 6.07) is -0.00181. The standard InChI is InChI=1S/C10H18N2O2/c1-14-8-6-9(11-7-8)10(13)12-4-2-3-5-12/h8-9,11H,2-7H2,1H3/t8-,9-/m1/s1. The predicted octanol–water partition coefficient (Wildman–Crippen LogP) is -0.0143. The van der Waals surface area contributed by atoms with Crippen LogP contribution in [0.4, 0.5) is 0 Å². The molecule has 0 aromatic heterocycles. The van der Waals surface area contributed by atoms with Gasteiger partial charge in [0.1, 0.15) is 0 Å². The van der Waals surface area contributed by atoms with Crippen molar-refractivity contribution in [3.8, 4) is 0 Å². The van der Waals surface area contributed by atoms with E-state index in [1.807, 2.05) is 4.90 Å². The molecule has 0 aromatic rings. The zero-order chi connectivity index (χ0) is 9.97. The van der Waals surface area contributed by atoms with Crippen molar-refractivity contribution in [2.45, 2.75) is 31.4 Å². The topological polar surface area (TPSA) is 41.6 Å². The SMILES string of the molecule is CO[C@H]1CN[C@@H](C(=O)N2CCCC2)C1. The van der Waals surface area contributed by atoms with Gasteiger partial charge in [0, 0.05) is 26.7 Å². The van der Waals surface area contributed by atoms with E-state index in [0.717, 1.165) is 38.9 Å². The molecule has 0 spiro atoms. The van der Waals surface area contributed by atoms with E-state index >= 15 is 0 Å². The Balaban J connectivity index is 1.86. The van der Waals surface area contributed by atoms with E-state index in [2.05, 4.69) is 5.32 Å². The van der Waals surface area contributed by atoms with Gasteiger partial charge >= 0.3 is 0 Å². The third-order valence-electron chi connectivity index (χ3n) is 3.14. The van der Waals surface area contributed by atoms with Crippen LogP contribution in [-0.4, -0.2) is 49.7 Å². The summed E-state index contributed by atoms with van der Waals surface area (Å²) in [7, 11) is 1.70. The number of hydrogen-bond acceptors (Lipinski definition) is 3. The number of rotatable bonds is 2. The lowest BCUT2D eigenvalue weighted by molar-refractivity contribution is -0.132.